The number of nitriles is 1. The first kappa shape index (κ1) is 17.9. The minimum absolute atomic E-state index is 0.00381. The zero-order chi connectivity index (χ0) is 18.1. The monoisotopic (exact) mass is 348 g/mol. The first-order chi connectivity index (χ1) is 11.1. The molecule has 0 radical (unpaired) electrons. The fourth-order valence-electron chi connectivity index (χ4n) is 2.52. The van der Waals surface area contributed by atoms with E-state index in [0.29, 0.717) is 16.7 Å². The third-order valence-electron chi connectivity index (χ3n) is 3.48. The first-order valence-electron chi connectivity index (χ1n) is 7.13. The van der Waals surface area contributed by atoms with Crippen molar-refractivity contribution in [2.45, 2.75) is 12.2 Å². The Kier molecular flexibility index (Phi) is 4.90. The standard InChI is InChI=1S/C17H17FN2O3S/c1-20(2)9-15(8-19)17(21)13-4-11-6-14(10-24(3,22)23)16(18)7-12(11)5-13/h5-7,9H,4,10H2,1-3H3. The summed E-state index contributed by atoms with van der Waals surface area (Å²) in [5.74, 6) is -1.42. The van der Waals surface area contributed by atoms with Gasteiger partial charge in [-0.25, -0.2) is 12.8 Å². The number of Topliss-reactive ketones (excluding diaryl/α,β-unsaturated/α-hetero) is 1. The highest BCUT2D eigenvalue weighted by atomic mass is 32.2. The largest absolute Gasteiger partial charge is 0.382 e. The van der Waals surface area contributed by atoms with E-state index in [1.54, 1.807) is 25.1 Å². The molecule has 0 bridgehead atoms. The number of sulfone groups is 1. The Labute approximate surface area is 140 Å². The van der Waals surface area contributed by atoms with E-state index in [4.69, 9.17) is 5.26 Å². The van der Waals surface area contributed by atoms with Crippen LogP contribution in [0.25, 0.3) is 6.08 Å². The van der Waals surface area contributed by atoms with Gasteiger partial charge < -0.3 is 4.90 Å². The number of allylic oxidation sites excluding steroid dienone is 2. The normalized spacial score (nSPS) is 14.0. The molecule has 0 N–H and O–H groups in total. The summed E-state index contributed by atoms with van der Waals surface area (Å²) >= 11 is 0. The molecule has 0 amide bonds. The minimum Gasteiger partial charge on any atom is -0.382 e. The maximum Gasteiger partial charge on any atom is 0.201 e. The molecule has 0 spiro atoms. The SMILES string of the molecule is CN(C)C=C(C#N)C(=O)C1=Cc2cc(F)c(CS(C)(=O)=O)cc2C1. The van der Waals surface area contributed by atoms with Crippen molar-refractivity contribution in [1.29, 1.82) is 5.26 Å². The zero-order valence-electron chi connectivity index (χ0n) is 13.6. The molecule has 0 aliphatic heterocycles. The Morgan fingerprint density at radius 2 is 2.08 bits per heavy atom. The second-order valence-electron chi connectivity index (χ2n) is 6.01. The van der Waals surface area contributed by atoms with Crippen LogP contribution < -0.4 is 0 Å². The highest BCUT2D eigenvalue weighted by Gasteiger charge is 2.23. The average Bonchev–Trinajstić information content (AvgIpc) is 2.85. The van der Waals surface area contributed by atoms with E-state index in [-0.39, 0.29) is 23.3 Å². The van der Waals surface area contributed by atoms with Crippen molar-refractivity contribution < 1.29 is 17.6 Å². The number of rotatable bonds is 5. The molecule has 0 saturated carbocycles. The highest BCUT2D eigenvalue weighted by molar-refractivity contribution is 7.89. The molecule has 1 aromatic carbocycles. The maximum atomic E-state index is 14.1. The first-order valence-corrected chi connectivity index (χ1v) is 9.19. The molecular weight excluding hydrogens is 331 g/mol. The van der Waals surface area contributed by atoms with Crippen molar-refractivity contribution in [3.05, 3.63) is 52.0 Å². The molecule has 0 unspecified atom stereocenters. The van der Waals surface area contributed by atoms with Crippen LogP contribution in [-0.2, 0) is 26.8 Å². The third kappa shape index (κ3) is 4.09. The number of carbonyl (C=O) groups excluding carboxylic acids is 1. The Hall–Kier alpha value is -2.46. The molecule has 2 rings (SSSR count). The predicted molar refractivity (Wildman–Crippen MR) is 89.0 cm³/mol. The summed E-state index contributed by atoms with van der Waals surface area (Å²) in [7, 11) is 0.0478. The number of ketones is 1. The number of fused-ring (bicyclic) bond motifs is 1. The van der Waals surface area contributed by atoms with Crippen LogP contribution in [0.2, 0.25) is 0 Å². The predicted octanol–water partition coefficient (Wildman–Crippen LogP) is 1.85. The van der Waals surface area contributed by atoms with E-state index in [0.717, 1.165) is 6.26 Å². The van der Waals surface area contributed by atoms with Crippen LogP contribution in [0, 0.1) is 17.1 Å². The van der Waals surface area contributed by atoms with Crippen LogP contribution in [0.4, 0.5) is 4.39 Å². The van der Waals surface area contributed by atoms with Gasteiger partial charge in [0.2, 0.25) is 5.78 Å². The summed E-state index contributed by atoms with van der Waals surface area (Å²) in [5.41, 5.74) is 1.69. The van der Waals surface area contributed by atoms with Crippen molar-refractivity contribution in [1.82, 2.24) is 4.90 Å². The molecule has 0 aromatic heterocycles. The fourth-order valence-corrected chi connectivity index (χ4v) is 3.31. The number of hydrogen-bond acceptors (Lipinski definition) is 5. The lowest BCUT2D eigenvalue weighted by molar-refractivity contribution is -0.111. The molecule has 1 aromatic rings. The van der Waals surface area contributed by atoms with Crippen LogP contribution in [0.15, 0.2) is 29.5 Å². The second kappa shape index (κ2) is 6.57. The van der Waals surface area contributed by atoms with Gasteiger partial charge in [-0.1, -0.05) is 6.07 Å². The molecule has 1 aliphatic rings. The summed E-state index contributed by atoms with van der Waals surface area (Å²) in [5, 5.41) is 9.12. The number of hydrogen-bond donors (Lipinski definition) is 0. The van der Waals surface area contributed by atoms with Gasteiger partial charge in [0.1, 0.15) is 17.5 Å². The van der Waals surface area contributed by atoms with E-state index in [9.17, 15) is 17.6 Å². The highest BCUT2D eigenvalue weighted by Crippen LogP contribution is 2.30. The van der Waals surface area contributed by atoms with Crippen LogP contribution in [0.5, 0.6) is 0 Å². The number of benzene rings is 1. The Morgan fingerprint density at radius 1 is 1.42 bits per heavy atom. The average molecular weight is 348 g/mol. The quantitative estimate of drug-likeness (QED) is 0.599. The van der Waals surface area contributed by atoms with Crippen molar-refractivity contribution in [3.63, 3.8) is 0 Å². The van der Waals surface area contributed by atoms with Crippen LogP contribution in [0.1, 0.15) is 16.7 Å². The molecule has 0 saturated heterocycles. The van der Waals surface area contributed by atoms with Crippen molar-refractivity contribution in [3.8, 4) is 6.07 Å². The molecule has 0 fully saturated rings. The smallest absolute Gasteiger partial charge is 0.201 e. The lowest BCUT2D eigenvalue weighted by Gasteiger charge is -2.07. The minimum atomic E-state index is -3.36. The van der Waals surface area contributed by atoms with Crippen molar-refractivity contribution in [2.24, 2.45) is 0 Å². The summed E-state index contributed by atoms with van der Waals surface area (Å²) in [6, 6.07) is 4.58. The lowest BCUT2D eigenvalue weighted by Crippen LogP contribution is -2.10. The van der Waals surface area contributed by atoms with Gasteiger partial charge in [-0.3, -0.25) is 4.79 Å². The summed E-state index contributed by atoms with van der Waals surface area (Å²) in [4.78, 5) is 14.0. The molecular formula is C17H17FN2O3S. The molecule has 126 valence electrons. The van der Waals surface area contributed by atoms with Crippen LogP contribution in [-0.4, -0.2) is 39.5 Å². The molecule has 5 nitrogen and oxygen atoms in total. The van der Waals surface area contributed by atoms with E-state index < -0.39 is 21.4 Å². The van der Waals surface area contributed by atoms with Gasteiger partial charge in [-0.15, -0.1) is 0 Å². The molecule has 0 heterocycles. The second-order valence-corrected chi connectivity index (χ2v) is 8.15. The molecule has 1 aliphatic carbocycles. The van der Waals surface area contributed by atoms with Crippen LogP contribution >= 0.6 is 0 Å². The summed E-state index contributed by atoms with van der Waals surface area (Å²) in [6.45, 7) is 0. The summed E-state index contributed by atoms with van der Waals surface area (Å²) < 4.78 is 36.8. The molecule has 7 heteroatoms. The molecule has 24 heavy (non-hydrogen) atoms. The van der Waals surface area contributed by atoms with Gasteiger partial charge >= 0.3 is 0 Å². The maximum absolute atomic E-state index is 14.1. The van der Waals surface area contributed by atoms with Gasteiger partial charge in [0.05, 0.1) is 5.75 Å². The Balaban J connectivity index is 2.33. The molecule has 0 atom stereocenters. The van der Waals surface area contributed by atoms with Crippen LogP contribution in [0.3, 0.4) is 0 Å². The van der Waals surface area contributed by atoms with E-state index in [1.165, 1.54) is 18.3 Å². The van der Waals surface area contributed by atoms with Crippen molar-refractivity contribution in [2.75, 3.05) is 20.4 Å². The van der Waals surface area contributed by atoms with Gasteiger partial charge in [-0.05, 0) is 23.3 Å². The van der Waals surface area contributed by atoms with E-state index in [1.807, 2.05) is 6.07 Å². The van der Waals surface area contributed by atoms with Crippen molar-refractivity contribution >= 4 is 21.7 Å². The number of halogens is 1. The fraction of sp³-hybridized carbons (Fsp3) is 0.294. The lowest BCUT2D eigenvalue weighted by atomic mass is 10.0. The third-order valence-corrected chi connectivity index (χ3v) is 4.32. The Morgan fingerprint density at radius 3 is 2.62 bits per heavy atom. The van der Waals surface area contributed by atoms with Gasteiger partial charge in [0.25, 0.3) is 0 Å². The van der Waals surface area contributed by atoms with E-state index in [2.05, 4.69) is 0 Å². The van der Waals surface area contributed by atoms with Gasteiger partial charge in [0, 0.05) is 44.1 Å². The Bertz CT molecular complexity index is 906. The zero-order valence-corrected chi connectivity index (χ0v) is 14.4. The van der Waals surface area contributed by atoms with Gasteiger partial charge in [-0.2, -0.15) is 5.26 Å². The topological polar surface area (TPSA) is 78.2 Å². The van der Waals surface area contributed by atoms with Gasteiger partial charge in [0.15, 0.2) is 9.84 Å². The van der Waals surface area contributed by atoms with E-state index >= 15 is 0 Å². The number of carbonyl (C=O) groups is 1. The number of nitrogens with zero attached hydrogens (tertiary/aromatic N) is 2. The summed E-state index contributed by atoms with van der Waals surface area (Å²) in [6.07, 6.45) is 4.27.